The third-order valence-corrected chi connectivity index (χ3v) is 6.07. The molecule has 0 radical (unpaired) electrons. The van der Waals surface area contributed by atoms with Crippen LogP contribution in [-0.4, -0.2) is 51.4 Å². The fraction of sp³-hybridized carbons (Fsp3) is 0.179. The summed E-state index contributed by atoms with van der Waals surface area (Å²) in [7, 11) is 1.61. The minimum atomic E-state index is -0.644. The summed E-state index contributed by atoms with van der Waals surface area (Å²) >= 11 is 0. The van der Waals surface area contributed by atoms with Crippen LogP contribution >= 0.6 is 12.4 Å². The molecule has 0 aliphatic heterocycles. The second-order valence-corrected chi connectivity index (χ2v) is 8.61. The number of aromatic amines is 1. The van der Waals surface area contributed by atoms with E-state index in [1.54, 1.807) is 56.5 Å². The van der Waals surface area contributed by atoms with E-state index in [0.29, 0.717) is 63.5 Å². The van der Waals surface area contributed by atoms with Crippen LogP contribution in [0.5, 0.6) is 11.6 Å². The molecule has 1 unspecified atom stereocenters. The summed E-state index contributed by atoms with van der Waals surface area (Å²) in [6.45, 7) is 2.55. The van der Waals surface area contributed by atoms with Gasteiger partial charge >= 0.3 is 0 Å². The molecule has 9 nitrogen and oxygen atoms in total. The van der Waals surface area contributed by atoms with Gasteiger partial charge in [0, 0.05) is 40.7 Å². The van der Waals surface area contributed by atoms with Crippen molar-refractivity contribution in [3.63, 3.8) is 0 Å². The van der Waals surface area contributed by atoms with Gasteiger partial charge in [0.15, 0.2) is 5.88 Å². The molecule has 4 N–H and O–H groups in total. The maximum absolute atomic E-state index is 13.1. The summed E-state index contributed by atoms with van der Waals surface area (Å²) in [5.74, 6) is 0.273. The predicted molar refractivity (Wildman–Crippen MR) is 148 cm³/mol. The number of nitrogens with zero attached hydrogens (tertiary/aromatic N) is 2. The van der Waals surface area contributed by atoms with Crippen LogP contribution in [0.15, 0.2) is 67.0 Å². The van der Waals surface area contributed by atoms with Crippen LogP contribution in [0.1, 0.15) is 28.9 Å². The van der Waals surface area contributed by atoms with E-state index in [1.165, 1.54) is 6.33 Å². The summed E-state index contributed by atoms with van der Waals surface area (Å²) in [6, 6.07) is 17.7. The number of methoxy groups -OCH3 is 1. The van der Waals surface area contributed by atoms with Crippen molar-refractivity contribution in [1.29, 1.82) is 0 Å². The molecule has 0 aliphatic carbocycles. The van der Waals surface area contributed by atoms with Gasteiger partial charge in [0.05, 0.1) is 29.5 Å². The molecule has 0 aliphatic rings. The largest absolute Gasteiger partial charge is 0.494 e. The van der Waals surface area contributed by atoms with Gasteiger partial charge in [-0.3, -0.25) is 4.79 Å². The summed E-state index contributed by atoms with van der Waals surface area (Å²) in [6.07, 6.45) is 0.787. The topological polar surface area (TPSA) is 130 Å². The highest BCUT2D eigenvalue weighted by Gasteiger charge is 2.19. The monoisotopic (exact) mass is 534 g/mol. The van der Waals surface area contributed by atoms with Crippen LogP contribution in [0.3, 0.4) is 0 Å². The highest BCUT2D eigenvalue weighted by atomic mass is 35.5. The van der Waals surface area contributed by atoms with E-state index in [1.807, 2.05) is 18.2 Å². The Morgan fingerprint density at radius 1 is 1.05 bits per heavy atom. The average molecular weight is 535 g/mol. The number of hydrogen-bond donors (Lipinski definition) is 4. The summed E-state index contributed by atoms with van der Waals surface area (Å²) in [5.41, 5.74) is 4.00. The lowest BCUT2D eigenvalue weighted by atomic mass is 10.0. The third-order valence-electron chi connectivity index (χ3n) is 6.07. The molecule has 2 aromatic heterocycles. The van der Waals surface area contributed by atoms with Gasteiger partial charge in [-0.2, -0.15) is 0 Å². The van der Waals surface area contributed by atoms with E-state index in [4.69, 9.17) is 9.47 Å². The van der Waals surface area contributed by atoms with Crippen molar-refractivity contribution in [1.82, 2.24) is 15.0 Å². The summed E-state index contributed by atoms with van der Waals surface area (Å²) < 4.78 is 10.7. The smallest absolute Gasteiger partial charge is 0.255 e. The van der Waals surface area contributed by atoms with Crippen LogP contribution in [0.4, 0.5) is 5.69 Å². The molecule has 0 bridgehead atoms. The number of benzene rings is 3. The van der Waals surface area contributed by atoms with Crippen LogP contribution in [-0.2, 0) is 4.74 Å². The highest BCUT2D eigenvalue weighted by Crippen LogP contribution is 2.39. The number of H-pyrrole nitrogens is 1. The minimum Gasteiger partial charge on any atom is -0.494 e. The van der Waals surface area contributed by atoms with Gasteiger partial charge in [-0.15, -0.1) is 12.4 Å². The van der Waals surface area contributed by atoms with Gasteiger partial charge in [-0.05, 0) is 55.0 Å². The standard InChI is InChI=1S/C28H26N4O5.ClH/c1-16(33)17-4-3-5-19(12-17)31-27(34)18-6-9-23-22(13-18)25(28(35)32-23)26-21-8-7-20(37-11-10-36-2)14-24(21)29-15-30-26;/h3-9,12-16,32-33,35H,10-11H2,1-2H3,(H,31,34);1H. The lowest BCUT2D eigenvalue weighted by Gasteiger charge is -2.10. The van der Waals surface area contributed by atoms with Crippen LogP contribution in [0.2, 0.25) is 0 Å². The molecule has 3 aromatic carbocycles. The second-order valence-electron chi connectivity index (χ2n) is 8.61. The first-order valence-corrected chi connectivity index (χ1v) is 11.8. The molecule has 0 saturated carbocycles. The Labute approximate surface area is 224 Å². The molecule has 0 spiro atoms. The maximum Gasteiger partial charge on any atom is 0.255 e. The average Bonchev–Trinajstić information content (AvgIpc) is 3.23. The van der Waals surface area contributed by atoms with Gasteiger partial charge in [-0.25, -0.2) is 9.97 Å². The first-order valence-electron chi connectivity index (χ1n) is 11.8. The van der Waals surface area contributed by atoms with Crippen molar-refractivity contribution < 1.29 is 24.5 Å². The molecular formula is C28H27ClN4O5. The number of fused-ring (bicyclic) bond motifs is 2. The normalized spacial score (nSPS) is 11.8. The van der Waals surface area contributed by atoms with Gasteiger partial charge in [0.1, 0.15) is 18.7 Å². The van der Waals surface area contributed by atoms with Crippen molar-refractivity contribution in [3.8, 4) is 22.9 Å². The Balaban J connectivity index is 0.00000336. The van der Waals surface area contributed by atoms with E-state index in [0.717, 1.165) is 5.39 Å². The number of amides is 1. The Morgan fingerprint density at radius 2 is 1.89 bits per heavy atom. The first kappa shape index (κ1) is 26.9. The molecule has 1 atom stereocenters. The van der Waals surface area contributed by atoms with E-state index in [9.17, 15) is 15.0 Å². The third kappa shape index (κ3) is 5.40. The number of ether oxygens (including phenoxy) is 2. The maximum atomic E-state index is 13.1. The molecular weight excluding hydrogens is 508 g/mol. The van der Waals surface area contributed by atoms with Gasteiger partial charge in [0.2, 0.25) is 0 Å². The highest BCUT2D eigenvalue weighted by molar-refractivity contribution is 6.10. The number of aromatic hydroxyl groups is 1. The lowest BCUT2D eigenvalue weighted by Crippen LogP contribution is -2.12. The number of aliphatic hydroxyl groups is 1. The summed E-state index contributed by atoms with van der Waals surface area (Å²) in [4.78, 5) is 24.8. The van der Waals surface area contributed by atoms with Crippen molar-refractivity contribution in [3.05, 3.63) is 78.1 Å². The molecule has 38 heavy (non-hydrogen) atoms. The zero-order chi connectivity index (χ0) is 25.9. The summed E-state index contributed by atoms with van der Waals surface area (Å²) in [5, 5.41) is 24.9. The Hall–Kier alpha value is -4.18. The number of hydrogen-bond acceptors (Lipinski definition) is 7. The van der Waals surface area contributed by atoms with Crippen molar-refractivity contribution >= 4 is 45.8 Å². The van der Waals surface area contributed by atoms with E-state index in [2.05, 4.69) is 20.3 Å². The number of carbonyl (C=O) groups excluding carboxylic acids is 1. The molecule has 5 rings (SSSR count). The van der Waals surface area contributed by atoms with Crippen molar-refractivity contribution in [2.24, 2.45) is 0 Å². The number of carbonyl (C=O) groups is 1. The van der Waals surface area contributed by atoms with Gasteiger partial charge < -0.3 is 30.0 Å². The Bertz CT molecular complexity index is 1600. The molecule has 10 heteroatoms. The number of aromatic nitrogens is 3. The number of aliphatic hydroxyl groups excluding tert-OH is 1. The Morgan fingerprint density at radius 3 is 2.68 bits per heavy atom. The first-order chi connectivity index (χ1) is 17.9. The predicted octanol–water partition coefficient (Wildman–Crippen LogP) is 5.24. The molecule has 0 fully saturated rings. The molecule has 0 saturated heterocycles. The minimum absolute atomic E-state index is 0. The molecule has 196 valence electrons. The lowest BCUT2D eigenvalue weighted by molar-refractivity contribution is 0.102. The SMILES string of the molecule is COCCOc1ccc2c(-c3c(O)[nH]c4ccc(C(=O)Nc5cccc(C(C)O)c5)cc34)ncnc2c1.Cl. The van der Waals surface area contributed by atoms with Crippen molar-refractivity contribution in [2.45, 2.75) is 13.0 Å². The van der Waals surface area contributed by atoms with E-state index < -0.39 is 6.10 Å². The fourth-order valence-corrected chi connectivity index (χ4v) is 4.21. The Kier molecular flexibility index (Phi) is 8.11. The van der Waals surface area contributed by atoms with E-state index in [-0.39, 0.29) is 24.2 Å². The van der Waals surface area contributed by atoms with Crippen LogP contribution < -0.4 is 10.1 Å². The quantitative estimate of drug-likeness (QED) is 0.200. The van der Waals surface area contributed by atoms with E-state index >= 15 is 0 Å². The fourth-order valence-electron chi connectivity index (χ4n) is 4.21. The molecule has 1 amide bonds. The molecule has 5 aromatic rings. The van der Waals surface area contributed by atoms with Crippen molar-refractivity contribution in [2.75, 3.05) is 25.6 Å². The van der Waals surface area contributed by atoms with Crippen LogP contribution in [0.25, 0.3) is 33.1 Å². The number of halogens is 1. The van der Waals surface area contributed by atoms with Gasteiger partial charge in [0.25, 0.3) is 5.91 Å². The number of rotatable bonds is 8. The zero-order valence-electron chi connectivity index (χ0n) is 20.8. The molecule has 2 heterocycles. The van der Waals surface area contributed by atoms with Crippen LogP contribution in [0, 0.1) is 0 Å². The zero-order valence-corrected chi connectivity index (χ0v) is 21.6. The van der Waals surface area contributed by atoms with Gasteiger partial charge in [-0.1, -0.05) is 12.1 Å². The second kappa shape index (κ2) is 11.5. The number of anilines is 1. The number of nitrogens with one attached hydrogen (secondary N) is 2.